The maximum absolute atomic E-state index is 11.6. The fourth-order valence-corrected chi connectivity index (χ4v) is 4.47. The van der Waals surface area contributed by atoms with Gasteiger partial charge in [-0.25, -0.2) is 0 Å². The van der Waals surface area contributed by atoms with Gasteiger partial charge in [0.05, 0.1) is 6.04 Å². The van der Waals surface area contributed by atoms with Crippen molar-refractivity contribution in [3.8, 4) is 0 Å². The molecule has 0 saturated heterocycles. The highest BCUT2D eigenvalue weighted by atomic mass is 79.9. The van der Waals surface area contributed by atoms with Crippen molar-refractivity contribution in [3.05, 3.63) is 44.6 Å². The van der Waals surface area contributed by atoms with E-state index in [1.54, 1.807) is 18.3 Å². The van der Waals surface area contributed by atoms with E-state index in [4.69, 9.17) is 0 Å². The van der Waals surface area contributed by atoms with E-state index in [2.05, 4.69) is 51.7 Å². The summed E-state index contributed by atoms with van der Waals surface area (Å²) in [7, 11) is 0. The highest BCUT2D eigenvalue weighted by Crippen LogP contribution is 2.34. The summed E-state index contributed by atoms with van der Waals surface area (Å²) in [6.07, 6.45) is 0.932. The van der Waals surface area contributed by atoms with E-state index in [1.807, 2.05) is 11.0 Å². The number of thiophene rings is 1. The van der Waals surface area contributed by atoms with Gasteiger partial charge in [-0.15, -0.1) is 11.3 Å². The highest BCUT2D eigenvalue weighted by molar-refractivity contribution is 9.10. The van der Waals surface area contributed by atoms with Crippen molar-refractivity contribution in [3.63, 3.8) is 0 Å². The molecule has 0 spiro atoms. The molecule has 0 fully saturated rings. The maximum Gasteiger partial charge on any atom is 0.223 e. The molecule has 0 radical (unpaired) electrons. The van der Waals surface area contributed by atoms with Gasteiger partial charge in [0.25, 0.3) is 0 Å². The second kappa shape index (κ2) is 5.81. The lowest BCUT2D eigenvalue weighted by Gasteiger charge is -2.17. The maximum atomic E-state index is 11.6. The first-order valence-electron chi connectivity index (χ1n) is 6.96. The molecule has 1 N–H and O–H groups in total. The van der Waals surface area contributed by atoms with Crippen LogP contribution in [0.1, 0.15) is 30.3 Å². The minimum Gasteiger partial charge on any atom is -0.378 e. The zero-order valence-corrected chi connectivity index (χ0v) is 14.4. The Morgan fingerprint density at radius 1 is 1.43 bits per heavy atom. The van der Waals surface area contributed by atoms with Crippen LogP contribution < -0.4 is 10.2 Å². The summed E-state index contributed by atoms with van der Waals surface area (Å²) in [4.78, 5) is 14.7. The van der Waals surface area contributed by atoms with E-state index in [0.29, 0.717) is 0 Å². The highest BCUT2D eigenvalue weighted by Gasteiger charge is 2.22. The lowest BCUT2D eigenvalue weighted by atomic mass is 10.1. The van der Waals surface area contributed by atoms with Crippen molar-refractivity contribution in [1.82, 2.24) is 0 Å². The summed E-state index contributed by atoms with van der Waals surface area (Å²) >= 11 is 5.32. The number of carbonyl (C=O) groups is 1. The molecule has 2 heterocycles. The Balaban J connectivity index is 1.79. The Morgan fingerprint density at radius 2 is 2.24 bits per heavy atom. The van der Waals surface area contributed by atoms with Gasteiger partial charge in [-0.3, -0.25) is 4.79 Å². The number of nitrogens with one attached hydrogen (secondary N) is 1. The van der Waals surface area contributed by atoms with Crippen molar-refractivity contribution < 1.29 is 4.79 Å². The molecule has 1 aliphatic rings. The molecule has 3 nitrogen and oxygen atoms in total. The molecular weight excluding hydrogens is 348 g/mol. The van der Waals surface area contributed by atoms with E-state index < -0.39 is 0 Å². The van der Waals surface area contributed by atoms with E-state index in [0.717, 1.165) is 28.8 Å². The van der Waals surface area contributed by atoms with Crippen molar-refractivity contribution in [1.29, 1.82) is 0 Å². The number of halogens is 1. The minimum absolute atomic E-state index is 0.116. The smallest absolute Gasteiger partial charge is 0.223 e. The number of nitrogens with zero attached hydrogens (tertiary/aromatic N) is 1. The van der Waals surface area contributed by atoms with E-state index in [9.17, 15) is 4.79 Å². The first-order valence-corrected chi connectivity index (χ1v) is 8.64. The van der Waals surface area contributed by atoms with Crippen LogP contribution >= 0.6 is 27.3 Å². The Morgan fingerprint density at radius 3 is 2.90 bits per heavy atom. The molecule has 0 saturated carbocycles. The fourth-order valence-electron chi connectivity index (χ4n) is 2.75. The van der Waals surface area contributed by atoms with E-state index in [-0.39, 0.29) is 11.9 Å². The summed E-state index contributed by atoms with van der Waals surface area (Å²) < 4.78 is 1.15. The summed E-state index contributed by atoms with van der Waals surface area (Å²) in [5.74, 6) is 0.116. The first-order chi connectivity index (χ1) is 10.1. The summed E-state index contributed by atoms with van der Waals surface area (Å²) in [5.41, 5.74) is 3.40. The molecule has 1 amide bonds. The Hall–Kier alpha value is -1.33. The molecule has 3 rings (SSSR count). The average Bonchev–Trinajstić information content (AvgIpc) is 3.04. The van der Waals surface area contributed by atoms with Crippen molar-refractivity contribution in [2.45, 2.75) is 26.3 Å². The third kappa shape index (κ3) is 2.85. The number of rotatable bonds is 3. The largest absolute Gasteiger partial charge is 0.378 e. The lowest BCUT2D eigenvalue weighted by Crippen LogP contribution is -2.25. The third-order valence-electron chi connectivity index (χ3n) is 3.78. The summed E-state index contributed by atoms with van der Waals surface area (Å²) in [5, 5.41) is 5.62. The fraction of sp³-hybridized carbons (Fsp3) is 0.312. The minimum atomic E-state index is 0.116. The normalized spacial score (nSPS) is 14.9. The quantitative estimate of drug-likeness (QED) is 0.863. The van der Waals surface area contributed by atoms with Crippen LogP contribution in [0.3, 0.4) is 0 Å². The predicted octanol–water partition coefficient (Wildman–Crippen LogP) is 4.59. The first kappa shape index (κ1) is 14.6. The molecule has 1 aromatic carbocycles. The number of amides is 1. The van der Waals surface area contributed by atoms with Gasteiger partial charge >= 0.3 is 0 Å². The molecule has 21 heavy (non-hydrogen) atoms. The number of anilines is 2. The topological polar surface area (TPSA) is 32.3 Å². The molecule has 5 heteroatoms. The average molecular weight is 365 g/mol. The predicted molar refractivity (Wildman–Crippen MR) is 92.2 cm³/mol. The lowest BCUT2D eigenvalue weighted by molar-refractivity contribution is -0.116. The zero-order chi connectivity index (χ0) is 15.0. The van der Waals surface area contributed by atoms with Crippen LogP contribution in [-0.2, 0) is 11.2 Å². The number of hydrogen-bond acceptors (Lipinski definition) is 3. The van der Waals surface area contributed by atoms with Crippen LogP contribution in [0.4, 0.5) is 11.4 Å². The molecule has 110 valence electrons. The molecule has 1 unspecified atom stereocenters. The second-order valence-electron chi connectivity index (χ2n) is 5.26. The van der Waals surface area contributed by atoms with Crippen LogP contribution in [0.5, 0.6) is 0 Å². The van der Waals surface area contributed by atoms with Gasteiger partial charge in [-0.05, 0) is 64.5 Å². The molecule has 1 aromatic heterocycles. The van der Waals surface area contributed by atoms with Crippen LogP contribution in [0.25, 0.3) is 0 Å². The van der Waals surface area contributed by atoms with Crippen molar-refractivity contribution in [2.24, 2.45) is 0 Å². The number of fused-ring (bicyclic) bond motifs is 1. The van der Waals surface area contributed by atoms with Gasteiger partial charge in [0.2, 0.25) is 5.91 Å². The molecule has 2 aromatic rings. The number of benzene rings is 1. The van der Waals surface area contributed by atoms with Gasteiger partial charge in [-0.2, -0.15) is 0 Å². The summed E-state index contributed by atoms with van der Waals surface area (Å²) in [6, 6.07) is 8.59. The van der Waals surface area contributed by atoms with Crippen molar-refractivity contribution in [2.75, 3.05) is 16.8 Å². The van der Waals surface area contributed by atoms with Gasteiger partial charge in [0.1, 0.15) is 0 Å². The number of hydrogen-bond donors (Lipinski definition) is 1. The monoisotopic (exact) mass is 364 g/mol. The Bertz CT molecular complexity index is 683. The standard InChI is InChI=1S/C16H17BrN2OS/c1-10(16-14(17)6-8-21-16)18-13-3-4-15-12(9-13)5-7-19(15)11(2)20/h3-4,6,8-10,18H,5,7H2,1-2H3. The Kier molecular flexibility index (Phi) is 4.04. The van der Waals surface area contributed by atoms with Gasteiger partial charge < -0.3 is 10.2 Å². The molecule has 1 aliphatic heterocycles. The molecular formula is C16H17BrN2OS. The van der Waals surface area contributed by atoms with Gasteiger partial charge in [0.15, 0.2) is 0 Å². The second-order valence-corrected chi connectivity index (χ2v) is 7.06. The molecule has 1 atom stereocenters. The van der Waals surface area contributed by atoms with E-state index >= 15 is 0 Å². The molecule has 0 aliphatic carbocycles. The van der Waals surface area contributed by atoms with Crippen LogP contribution in [0.2, 0.25) is 0 Å². The van der Waals surface area contributed by atoms with Crippen LogP contribution in [0.15, 0.2) is 34.1 Å². The van der Waals surface area contributed by atoms with Crippen molar-refractivity contribution >= 4 is 44.5 Å². The van der Waals surface area contributed by atoms with Gasteiger partial charge in [-0.1, -0.05) is 0 Å². The number of carbonyl (C=O) groups excluding carboxylic acids is 1. The SMILES string of the molecule is CC(=O)N1CCc2cc(NC(C)c3sccc3Br)ccc21. The van der Waals surface area contributed by atoms with Crippen LogP contribution in [-0.4, -0.2) is 12.5 Å². The van der Waals surface area contributed by atoms with E-state index in [1.165, 1.54) is 10.4 Å². The molecule has 0 bridgehead atoms. The van der Waals surface area contributed by atoms with Gasteiger partial charge in [0, 0.05) is 34.2 Å². The van der Waals surface area contributed by atoms with Crippen LogP contribution in [0, 0.1) is 0 Å². The zero-order valence-electron chi connectivity index (χ0n) is 12.0. The Labute approximate surface area is 137 Å². The third-order valence-corrected chi connectivity index (χ3v) is 5.83. The summed E-state index contributed by atoms with van der Waals surface area (Å²) in [6.45, 7) is 4.57.